The summed E-state index contributed by atoms with van der Waals surface area (Å²) in [5, 5.41) is 13.6. The summed E-state index contributed by atoms with van der Waals surface area (Å²) in [6, 6.07) is 3.24. The van der Waals surface area contributed by atoms with Gasteiger partial charge in [-0.1, -0.05) is 37.3 Å². The van der Waals surface area contributed by atoms with Gasteiger partial charge in [-0.15, -0.1) is 0 Å². The fraction of sp³-hybridized carbons (Fsp3) is 0.600. The molecule has 0 unspecified atom stereocenters. The molecule has 0 atom stereocenters. The van der Waals surface area contributed by atoms with Gasteiger partial charge in [-0.05, 0) is 31.9 Å². The molecule has 20 heavy (non-hydrogen) atoms. The van der Waals surface area contributed by atoms with Gasteiger partial charge in [0.1, 0.15) is 5.15 Å². The first kappa shape index (κ1) is 15.3. The topological polar surface area (TPSA) is 62.2 Å². The van der Waals surface area contributed by atoms with E-state index in [2.05, 4.69) is 10.3 Å². The predicted molar refractivity (Wildman–Crippen MR) is 79.0 cm³/mol. The molecule has 1 aromatic rings. The standard InChI is InChI=1S/C15H21ClN2O2/c1-11-8-12(9-13(16)18-11)14(19)17-10-15(20)6-4-2-3-5-7-15/h8-9,20H,2-7,10H2,1H3,(H,17,19). The first-order valence-electron chi connectivity index (χ1n) is 7.13. The second-order valence-electron chi connectivity index (χ2n) is 5.64. The predicted octanol–water partition coefficient (Wildman–Crippen LogP) is 2.86. The van der Waals surface area contributed by atoms with Gasteiger partial charge >= 0.3 is 0 Å². The van der Waals surface area contributed by atoms with Gasteiger partial charge < -0.3 is 10.4 Å². The Kier molecular flexibility index (Phi) is 5.00. The summed E-state index contributed by atoms with van der Waals surface area (Å²) in [5.74, 6) is -0.213. The lowest BCUT2D eigenvalue weighted by atomic mass is 9.94. The van der Waals surface area contributed by atoms with Crippen LogP contribution in [0, 0.1) is 6.92 Å². The molecule has 1 saturated carbocycles. The van der Waals surface area contributed by atoms with Crippen LogP contribution in [0.25, 0.3) is 0 Å². The number of hydrogen-bond acceptors (Lipinski definition) is 3. The number of carbonyl (C=O) groups excluding carboxylic acids is 1. The molecule has 2 rings (SSSR count). The molecule has 1 aliphatic rings. The van der Waals surface area contributed by atoms with Gasteiger partial charge in [0.25, 0.3) is 5.91 Å². The van der Waals surface area contributed by atoms with E-state index in [0.29, 0.717) is 23.0 Å². The Labute approximate surface area is 124 Å². The Morgan fingerprint density at radius 1 is 1.35 bits per heavy atom. The lowest BCUT2D eigenvalue weighted by Crippen LogP contribution is -2.42. The summed E-state index contributed by atoms with van der Waals surface area (Å²) < 4.78 is 0. The zero-order valence-electron chi connectivity index (χ0n) is 11.8. The van der Waals surface area contributed by atoms with Crippen LogP contribution < -0.4 is 5.32 Å². The zero-order valence-corrected chi connectivity index (χ0v) is 12.5. The normalized spacial score (nSPS) is 18.4. The lowest BCUT2D eigenvalue weighted by molar-refractivity contribution is 0.0246. The fourth-order valence-corrected chi connectivity index (χ4v) is 2.92. The van der Waals surface area contributed by atoms with Crippen molar-refractivity contribution >= 4 is 17.5 Å². The second kappa shape index (κ2) is 6.55. The van der Waals surface area contributed by atoms with E-state index in [1.54, 1.807) is 19.1 Å². The average Bonchev–Trinajstić information content (AvgIpc) is 2.60. The van der Waals surface area contributed by atoms with Crippen LogP contribution in [-0.4, -0.2) is 28.1 Å². The number of rotatable bonds is 3. The van der Waals surface area contributed by atoms with Gasteiger partial charge in [-0.25, -0.2) is 4.98 Å². The summed E-state index contributed by atoms with van der Waals surface area (Å²) >= 11 is 5.85. The molecule has 0 aliphatic heterocycles. The van der Waals surface area contributed by atoms with Gasteiger partial charge in [-0.3, -0.25) is 4.79 Å². The lowest BCUT2D eigenvalue weighted by Gasteiger charge is -2.26. The van der Waals surface area contributed by atoms with Crippen LogP contribution in [0.5, 0.6) is 0 Å². The third-order valence-electron chi connectivity index (χ3n) is 3.80. The molecule has 1 fully saturated rings. The molecule has 0 saturated heterocycles. The van der Waals surface area contributed by atoms with Crippen molar-refractivity contribution in [2.45, 2.75) is 51.0 Å². The minimum atomic E-state index is -0.766. The van der Waals surface area contributed by atoms with E-state index < -0.39 is 5.60 Å². The molecule has 0 spiro atoms. The van der Waals surface area contributed by atoms with Crippen molar-refractivity contribution < 1.29 is 9.90 Å². The molecule has 1 heterocycles. The Hall–Kier alpha value is -1.13. The highest BCUT2D eigenvalue weighted by atomic mass is 35.5. The van der Waals surface area contributed by atoms with Crippen molar-refractivity contribution in [3.8, 4) is 0 Å². The quantitative estimate of drug-likeness (QED) is 0.666. The summed E-state index contributed by atoms with van der Waals surface area (Å²) in [6.45, 7) is 2.09. The third-order valence-corrected chi connectivity index (χ3v) is 3.99. The number of amides is 1. The fourth-order valence-electron chi connectivity index (χ4n) is 2.67. The van der Waals surface area contributed by atoms with Gasteiger partial charge in [0.15, 0.2) is 0 Å². The van der Waals surface area contributed by atoms with Crippen LogP contribution >= 0.6 is 11.6 Å². The summed E-state index contributed by atoms with van der Waals surface area (Å²) in [6.07, 6.45) is 5.87. The first-order valence-corrected chi connectivity index (χ1v) is 7.51. The Balaban J connectivity index is 1.97. The van der Waals surface area contributed by atoms with Crippen LogP contribution in [0.15, 0.2) is 12.1 Å². The first-order chi connectivity index (χ1) is 9.48. The largest absolute Gasteiger partial charge is 0.388 e. The molecule has 110 valence electrons. The molecule has 1 aromatic heterocycles. The highest BCUT2D eigenvalue weighted by molar-refractivity contribution is 6.29. The highest BCUT2D eigenvalue weighted by Gasteiger charge is 2.28. The van der Waals surface area contributed by atoms with E-state index in [-0.39, 0.29) is 5.91 Å². The van der Waals surface area contributed by atoms with E-state index in [1.165, 1.54) is 0 Å². The number of aromatic nitrogens is 1. The third kappa shape index (κ3) is 4.18. The summed E-state index contributed by atoms with van der Waals surface area (Å²) in [5.41, 5.74) is 0.424. The van der Waals surface area contributed by atoms with E-state index in [4.69, 9.17) is 11.6 Å². The molecule has 5 heteroatoms. The summed E-state index contributed by atoms with van der Waals surface area (Å²) in [4.78, 5) is 16.1. The van der Waals surface area contributed by atoms with Crippen LogP contribution in [0.1, 0.15) is 54.6 Å². The maximum atomic E-state index is 12.1. The maximum absolute atomic E-state index is 12.1. The van der Waals surface area contributed by atoms with E-state index in [9.17, 15) is 9.90 Å². The SMILES string of the molecule is Cc1cc(C(=O)NCC2(O)CCCCCC2)cc(Cl)n1. The number of nitrogens with zero attached hydrogens (tertiary/aromatic N) is 1. The number of nitrogens with one attached hydrogen (secondary N) is 1. The molecule has 1 amide bonds. The van der Waals surface area contributed by atoms with Gasteiger partial charge in [0.05, 0.1) is 5.60 Å². The molecule has 2 N–H and O–H groups in total. The average molecular weight is 297 g/mol. The number of hydrogen-bond donors (Lipinski definition) is 2. The van der Waals surface area contributed by atoms with Crippen LogP contribution in [0.4, 0.5) is 0 Å². The minimum Gasteiger partial charge on any atom is -0.388 e. The highest BCUT2D eigenvalue weighted by Crippen LogP contribution is 2.26. The minimum absolute atomic E-state index is 0.213. The van der Waals surface area contributed by atoms with Gasteiger partial charge in [-0.2, -0.15) is 0 Å². The number of halogens is 1. The molecule has 0 bridgehead atoms. The maximum Gasteiger partial charge on any atom is 0.251 e. The monoisotopic (exact) mass is 296 g/mol. The molecule has 0 radical (unpaired) electrons. The van der Waals surface area contributed by atoms with Gasteiger partial charge in [0.2, 0.25) is 0 Å². The molecule has 1 aliphatic carbocycles. The number of aryl methyl sites for hydroxylation is 1. The number of aliphatic hydroxyl groups is 1. The van der Waals surface area contributed by atoms with Crippen molar-refractivity contribution in [3.05, 3.63) is 28.5 Å². The summed E-state index contributed by atoms with van der Waals surface area (Å²) in [7, 11) is 0. The van der Waals surface area contributed by atoms with Crippen molar-refractivity contribution in [3.63, 3.8) is 0 Å². The van der Waals surface area contributed by atoms with Crippen molar-refractivity contribution in [1.29, 1.82) is 0 Å². The van der Waals surface area contributed by atoms with Crippen LogP contribution in [0.2, 0.25) is 5.15 Å². The van der Waals surface area contributed by atoms with Crippen molar-refractivity contribution in [1.82, 2.24) is 10.3 Å². The van der Waals surface area contributed by atoms with Gasteiger partial charge in [0, 0.05) is 17.8 Å². The Bertz CT molecular complexity index is 463. The van der Waals surface area contributed by atoms with E-state index in [0.717, 1.165) is 38.5 Å². The van der Waals surface area contributed by atoms with Crippen molar-refractivity contribution in [2.75, 3.05) is 6.54 Å². The Morgan fingerprint density at radius 2 is 2.00 bits per heavy atom. The molecule has 4 nitrogen and oxygen atoms in total. The van der Waals surface area contributed by atoms with Crippen LogP contribution in [0.3, 0.4) is 0 Å². The molecular weight excluding hydrogens is 276 g/mol. The van der Waals surface area contributed by atoms with Crippen LogP contribution in [-0.2, 0) is 0 Å². The van der Waals surface area contributed by atoms with Crippen molar-refractivity contribution in [2.24, 2.45) is 0 Å². The number of carbonyl (C=O) groups is 1. The Morgan fingerprint density at radius 3 is 2.60 bits per heavy atom. The second-order valence-corrected chi connectivity index (χ2v) is 6.03. The zero-order chi connectivity index (χ0) is 14.6. The molecule has 0 aromatic carbocycles. The van der Waals surface area contributed by atoms with E-state index in [1.807, 2.05) is 0 Å². The smallest absolute Gasteiger partial charge is 0.251 e. The van der Waals surface area contributed by atoms with E-state index >= 15 is 0 Å². The number of pyridine rings is 1. The molecular formula is C15H21ClN2O2.